The highest BCUT2D eigenvalue weighted by Gasteiger charge is 2.46. The second-order valence-electron chi connectivity index (χ2n) is 8.14. The third-order valence-electron chi connectivity index (χ3n) is 6.00. The summed E-state index contributed by atoms with van der Waals surface area (Å²) in [4.78, 5) is 14.3. The molecule has 3 atom stereocenters. The molecule has 3 rings (SSSR count). The predicted molar refractivity (Wildman–Crippen MR) is 100 cm³/mol. The van der Waals surface area contributed by atoms with Crippen molar-refractivity contribution in [3.05, 3.63) is 35.9 Å². The molecule has 25 heavy (non-hydrogen) atoms. The number of piperidine rings is 1. The van der Waals surface area contributed by atoms with Crippen LogP contribution in [0.3, 0.4) is 0 Å². The molecule has 1 amide bonds. The van der Waals surface area contributed by atoms with Crippen LogP contribution in [0.15, 0.2) is 30.3 Å². The maximum atomic E-state index is 11.8. The number of nitrogens with one attached hydrogen (secondary N) is 1. The molecule has 0 radical (unpaired) electrons. The Morgan fingerprint density at radius 1 is 1.24 bits per heavy atom. The first-order valence-corrected chi connectivity index (χ1v) is 9.76. The summed E-state index contributed by atoms with van der Waals surface area (Å²) in [6.45, 7) is 5.34. The quantitative estimate of drug-likeness (QED) is 0.881. The molecular formula is C21H32N2O2. The highest BCUT2D eigenvalue weighted by Crippen LogP contribution is 2.38. The van der Waals surface area contributed by atoms with E-state index in [1.165, 1.54) is 44.6 Å². The molecule has 1 aromatic rings. The van der Waals surface area contributed by atoms with Gasteiger partial charge < -0.3 is 10.4 Å². The van der Waals surface area contributed by atoms with Crippen LogP contribution in [-0.2, 0) is 4.79 Å². The smallest absolute Gasteiger partial charge is 0.217 e. The van der Waals surface area contributed by atoms with Crippen LogP contribution in [0.4, 0.5) is 0 Å². The number of nitrogens with zero attached hydrogens (tertiary/aromatic N) is 1. The Kier molecular flexibility index (Phi) is 5.80. The van der Waals surface area contributed by atoms with E-state index < -0.39 is 5.60 Å². The van der Waals surface area contributed by atoms with Gasteiger partial charge in [-0.15, -0.1) is 0 Å². The van der Waals surface area contributed by atoms with Crippen molar-refractivity contribution in [1.29, 1.82) is 0 Å². The van der Waals surface area contributed by atoms with Gasteiger partial charge in [0.1, 0.15) is 0 Å². The first-order chi connectivity index (χ1) is 12.0. The number of aliphatic hydroxyl groups is 1. The highest BCUT2D eigenvalue weighted by atomic mass is 16.3. The lowest BCUT2D eigenvalue weighted by molar-refractivity contribution is -0.126. The average molecular weight is 344 g/mol. The molecule has 2 aliphatic rings. The summed E-state index contributed by atoms with van der Waals surface area (Å²) in [5.41, 5.74) is 0.284. The minimum Gasteiger partial charge on any atom is -0.388 e. The second-order valence-corrected chi connectivity index (χ2v) is 8.14. The molecular weight excluding hydrogens is 312 g/mol. The van der Waals surface area contributed by atoms with Gasteiger partial charge in [-0.2, -0.15) is 0 Å². The summed E-state index contributed by atoms with van der Waals surface area (Å²) < 4.78 is 0. The molecule has 1 heterocycles. The van der Waals surface area contributed by atoms with Crippen molar-refractivity contribution in [1.82, 2.24) is 10.2 Å². The minimum atomic E-state index is -0.894. The number of carbonyl (C=O) groups is 1. The van der Waals surface area contributed by atoms with E-state index in [9.17, 15) is 9.90 Å². The second kappa shape index (κ2) is 7.88. The van der Waals surface area contributed by atoms with Gasteiger partial charge in [-0.1, -0.05) is 49.6 Å². The molecule has 1 saturated carbocycles. The van der Waals surface area contributed by atoms with Crippen LogP contribution < -0.4 is 5.32 Å². The van der Waals surface area contributed by atoms with Crippen molar-refractivity contribution in [2.75, 3.05) is 13.1 Å². The summed E-state index contributed by atoms with van der Waals surface area (Å²) in [5, 5.41) is 14.1. The van der Waals surface area contributed by atoms with Crippen molar-refractivity contribution in [2.45, 2.75) is 70.1 Å². The molecule has 3 unspecified atom stereocenters. The monoisotopic (exact) mass is 344 g/mol. The van der Waals surface area contributed by atoms with Crippen molar-refractivity contribution in [3.8, 4) is 0 Å². The Morgan fingerprint density at radius 2 is 1.92 bits per heavy atom. The number of likely N-dealkylation sites (tertiary alicyclic amines) is 1. The molecule has 2 N–H and O–H groups in total. The van der Waals surface area contributed by atoms with Gasteiger partial charge in [-0.3, -0.25) is 9.69 Å². The number of hydrogen-bond acceptors (Lipinski definition) is 3. The summed E-state index contributed by atoms with van der Waals surface area (Å²) in [6, 6.07) is 10.1. The molecule has 2 fully saturated rings. The van der Waals surface area contributed by atoms with E-state index >= 15 is 0 Å². The minimum absolute atomic E-state index is 0.0239. The van der Waals surface area contributed by atoms with Gasteiger partial charge in [0.15, 0.2) is 0 Å². The van der Waals surface area contributed by atoms with Gasteiger partial charge in [-0.05, 0) is 37.7 Å². The largest absolute Gasteiger partial charge is 0.388 e. The van der Waals surface area contributed by atoms with Gasteiger partial charge >= 0.3 is 0 Å². The SMILES string of the molecule is CC(=O)NC1C(c2ccccc2)N(CC2CCCCC2)CCC1(C)O. The first-order valence-electron chi connectivity index (χ1n) is 9.76. The lowest BCUT2D eigenvalue weighted by Crippen LogP contribution is -2.62. The Hall–Kier alpha value is -1.39. The zero-order chi connectivity index (χ0) is 17.9. The van der Waals surface area contributed by atoms with Gasteiger partial charge in [0.05, 0.1) is 17.7 Å². The molecule has 1 aromatic carbocycles. The van der Waals surface area contributed by atoms with Gasteiger partial charge in [-0.25, -0.2) is 0 Å². The maximum absolute atomic E-state index is 11.8. The molecule has 1 saturated heterocycles. The normalized spacial score (nSPS) is 31.6. The average Bonchev–Trinajstić information content (AvgIpc) is 2.59. The number of hydrogen-bond donors (Lipinski definition) is 2. The third kappa shape index (κ3) is 4.42. The van der Waals surface area contributed by atoms with E-state index in [0.29, 0.717) is 6.42 Å². The maximum Gasteiger partial charge on any atom is 0.217 e. The third-order valence-corrected chi connectivity index (χ3v) is 6.00. The Morgan fingerprint density at radius 3 is 2.56 bits per heavy atom. The molecule has 1 aliphatic carbocycles. The summed E-state index contributed by atoms with van der Waals surface area (Å²) >= 11 is 0. The fourth-order valence-corrected chi connectivity index (χ4v) is 4.63. The fourth-order valence-electron chi connectivity index (χ4n) is 4.63. The van der Waals surface area contributed by atoms with Crippen molar-refractivity contribution >= 4 is 5.91 Å². The van der Waals surface area contributed by atoms with Crippen molar-refractivity contribution in [3.63, 3.8) is 0 Å². The van der Waals surface area contributed by atoms with E-state index in [2.05, 4.69) is 22.3 Å². The van der Waals surface area contributed by atoms with E-state index in [4.69, 9.17) is 0 Å². The standard InChI is InChI=1S/C21H32N2O2/c1-16(24)22-20-19(18-11-7-4-8-12-18)23(14-13-21(20,2)25)15-17-9-5-3-6-10-17/h4,7-8,11-12,17,19-20,25H,3,5-6,9-10,13-15H2,1-2H3,(H,22,24). The molecule has 1 aliphatic heterocycles. The highest BCUT2D eigenvalue weighted by molar-refractivity contribution is 5.73. The van der Waals surface area contributed by atoms with Crippen LogP contribution in [0.2, 0.25) is 0 Å². The molecule has 0 bridgehead atoms. The van der Waals surface area contributed by atoms with Crippen LogP contribution in [0.25, 0.3) is 0 Å². The van der Waals surface area contributed by atoms with Gasteiger partial charge in [0.25, 0.3) is 0 Å². The zero-order valence-corrected chi connectivity index (χ0v) is 15.6. The van der Waals surface area contributed by atoms with Crippen molar-refractivity contribution in [2.24, 2.45) is 5.92 Å². The fraction of sp³-hybridized carbons (Fsp3) is 0.667. The molecule has 0 spiro atoms. The Balaban J connectivity index is 1.88. The number of carbonyl (C=O) groups excluding carboxylic acids is 1. The van der Waals surface area contributed by atoms with Gasteiger partial charge in [0.2, 0.25) is 5.91 Å². The Bertz CT molecular complexity index is 567. The van der Waals surface area contributed by atoms with Crippen LogP contribution in [0.5, 0.6) is 0 Å². The Labute approximate surface area is 151 Å². The summed E-state index contributed by atoms with van der Waals surface area (Å²) in [7, 11) is 0. The first kappa shape index (κ1) is 18.4. The number of benzene rings is 1. The summed E-state index contributed by atoms with van der Waals surface area (Å²) in [5.74, 6) is 0.659. The van der Waals surface area contributed by atoms with Crippen LogP contribution in [-0.4, -0.2) is 40.6 Å². The van der Waals surface area contributed by atoms with E-state index in [-0.39, 0.29) is 18.0 Å². The van der Waals surface area contributed by atoms with Crippen LogP contribution >= 0.6 is 0 Å². The van der Waals surface area contributed by atoms with E-state index in [0.717, 1.165) is 19.0 Å². The van der Waals surface area contributed by atoms with Crippen LogP contribution in [0.1, 0.15) is 64.0 Å². The van der Waals surface area contributed by atoms with Crippen LogP contribution in [0, 0.1) is 5.92 Å². The number of rotatable bonds is 4. The molecule has 138 valence electrons. The van der Waals surface area contributed by atoms with Gasteiger partial charge in [0, 0.05) is 20.0 Å². The lowest BCUT2D eigenvalue weighted by atomic mass is 9.78. The van der Waals surface area contributed by atoms with E-state index in [1.807, 2.05) is 25.1 Å². The lowest BCUT2D eigenvalue weighted by Gasteiger charge is -2.50. The van der Waals surface area contributed by atoms with E-state index in [1.54, 1.807) is 0 Å². The molecule has 4 heteroatoms. The van der Waals surface area contributed by atoms with Crippen molar-refractivity contribution < 1.29 is 9.90 Å². The molecule has 4 nitrogen and oxygen atoms in total. The number of amides is 1. The molecule has 0 aromatic heterocycles. The summed E-state index contributed by atoms with van der Waals surface area (Å²) in [6.07, 6.45) is 7.33. The predicted octanol–water partition coefficient (Wildman–Crippen LogP) is 3.27. The topological polar surface area (TPSA) is 52.6 Å². The zero-order valence-electron chi connectivity index (χ0n) is 15.6.